The van der Waals surface area contributed by atoms with E-state index >= 15 is 0 Å². The highest BCUT2D eigenvalue weighted by atomic mass is 16.7. The van der Waals surface area contributed by atoms with Crippen LogP contribution >= 0.6 is 0 Å². The first kappa shape index (κ1) is 13.1. The fourth-order valence-electron chi connectivity index (χ4n) is 3.35. The normalized spacial score (nSPS) is 21.8. The summed E-state index contributed by atoms with van der Waals surface area (Å²) in [4.78, 5) is 28.3. The van der Waals surface area contributed by atoms with Crippen LogP contribution in [0.2, 0.25) is 0 Å². The van der Waals surface area contributed by atoms with Crippen molar-refractivity contribution >= 4 is 28.2 Å². The van der Waals surface area contributed by atoms with Crippen molar-refractivity contribution < 1.29 is 19.1 Å². The van der Waals surface area contributed by atoms with Crippen molar-refractivity contribution in [2.45, 2.75) is 5.79 Å². The standard InChI is InChI=1S/C19H11NO4/c21-17-14(13-9-20-16-8-4-2-5-11(13)16)10-23-19(17)15-7-3-1-6-12(15)18(22)24-19/h1-10,20H. The molecule has 116 valence electrons. The number of aromatic amines is 1. The molecule has 0 radical (unpaired) electrons. The van der Waals surface area contributed by atoms with Gasteiger partial charge >= 0.3 is 11.8 Å². The van der Waals surface area contributed by atoms with E-state index in [0.29, 0.717) is 16.7 Å². The number of ketones is 1. The summed E-state index contributed by atoms with van der Waals surface area (Å²) in [6, 6.07) is 14.5. The Kier molecular flexibility index (Phi) is 2.38. The Morgan fingerprint density at radius 1 is 0.917 bits per heavy atom. The van der Waals surface area contributed by atoms with Gasteiger partial charge in [-0.3, -0.25) is 4.79 Å². The van der Waals surface area contributed by atoms with Crippen LogP contribution in [0.4, 0.5) is 0 Å². The molecule has 0 fully saturated rings. The number of H-pyrrole nitrogens is 1. The number of carbonyl (C=O) groups is 2. The first-order chi connectivity index (χ1) is 11.7. The van der Waals surface area contributed by atoms with Crippen LogP contribution in [0.3, 0.4) is 0 Å². The Morgan fingerprint density at radius 3 is 2.62 bits per heavy atom. The van der Waals surface area contributed by atoms with Crippen molar-refractivity contribution in [2.24, 2.45) is 0 Å². The number of aromatic nitrogens is 1. The summed E-state index contributed by atoms with van der Waals surface area (Å²) in [6.07, 6.45) is 3.15. The van der Waals surface area contributed by atoms with Gasteiger partial charge in [-0.2, -0.15) is 0 Å². The number of Topliss-reactive ketones (excluding diaryl/α,β-unsaturated/α-hetero) is 1. The van der Waals surface area contributed by atoms with E-state index < -0.39 is 11.8 Å². The Labute approximate surface area is 136 Å². The predicted molar refractivity (Wildman–Crippen MR) is 85.9 cm³/mol. The van der Waals surface area contributed by atoms with Gasteiger partial charge in [-0.05, 0) is 18.2 Å². The largest absolute Gasteiger partial charge is 0.449 e. The lowest BCUT2D eigenvalue weighted by Crippen LogP contribution is -2.34. The predicted octanol–water partition coefficient (Wildman–Crippen LogP) is 3.13. The van der Waals surface area contributed by atoms with E-state index in [-0.39, 0.29) is 5.78 Å². The van der Waals surface area contributed by atoms with Gasteiger partial charge < -0.3 is 14.5 Å². The topological polar surface area (TPSA) is 68.4 Å². The highest BCUT2D eigenvalue weighted by Gasteiger charge is 2.57. The molecule has 3 aromatic rings. The molecule has 0 bridgehead atoms. The Bertz CT molecular complexity index is 1060. The van der Waals surface area contributed by atoms with Crippen LogP contribution in [0.5, 0.6) is 0 Å². The van der Waals surface area contributed by atoms with Crippen molar-refractivity contribution in [3.8, 4) is 0 Å². The lowest BCUT2D eigenvalue weighted by Gasteiger charge is -2.20. The fourth-order valence-corrected chi connectivity index (χ4v) is 3.35. The maximum Gasteiger partial charge on any atom is 0.347 e. The molecule has 0 amide bonds. The summed E-state index contributed by atoms with van der Waals surface area (Å²) in [6.45, 7) is 0. The molecule has 24 heavy (non-hydrogen) atoms. The van der Waals surface area contributed by atoms with Crippen molar-refractivity contribution in [3.05, 3.63) is 77.7 Å². The SMILES string of the molecule is O=C1OC2(OC=C(c3c[nH]c4ccccc34)C2=O)c2ccccc21. The Balaban J connectivity index is 1.64. The molecule has 0 aliphatic carbocycles. The van der Waals surface area contributed by atoms with Gasteiger partial charge in [0.1, 0.15) is 6.26 Å². The number of para-hydroxylation sites is 1. The van der Waals surface area contributed by atoms with Gasteiger partial charge in [0, 0.05) is 22.7 Å². The summed E-state index contributed by atoms with van der Waals surface area (Å²) in [5.41, 5.74) is 2.85. The number of rotatable bonds is 1. The summed E-state index contributed by atoms with van der Waals surface area (Å²) < 4.78 is 11.0. The zero-order valence-corrected chi connectivity index (χ0v) is 12.4. The minimum absolute atomic E-state index is 0.361. The van der Waals surface area contributed by atoms with E-state index in [4.69, 9.17) is 9.47 Å². The van der Waals surface area contributed by atoms with Gasteiger partial charge in [0.2, 0.25) is 0 Å². The average molecular weight is 317 g/mol. The summed E-state index contributed by atoms with van der Waals surface area (Å²) in [5, 5.41) is 0.912. The van der Waals surface area contributed by atoms with E-state index in [1.165, 1.54) is 6.26 Å². The highest BCUT2D eigenvalue weighted by molar-refractivity contribution is 6.29. The third kappa shape index (κ3) is 1.48. The van der Waals surface area contributed by atoms with E-state index in [2.05, 4.69) is 4.98 Å². The van der Waals surface area contributed by atoms with E-state index in [9.17, 15) is 9.59 Å². The van der Waals surface area contributed by atoms with E-state index in [1.807, 2.05) is 24.3 Å². The molecule has 1 unspecified atom stereocenters. The maximum atomic E-state index is 13.1. The number of ether oxygens (including phenoxy) is 2. The fraction of sp³-hybridized carbons (Fsp3) is 0.0526. The highest BCUT2D eigenvalue weighted by Crippen LogP contribution is 2.46. The second kappa shape index (κ2) is 4.35. The maximum absolute atomic E-state index is 13.1. The zero-order valence-electron chi connectivity index (χ0n) is 12.4. The quantitative estimate of drug-likeness (QED) is 0.700. The molecule has 2 aromatic carbocycles. The Morgan fingerprint density at radius 2 is 1.71 bits per heavy atom. The van der Waals surface area contributed by atoms with Crippen molar-refractivity contribution in [2.75, 3.05) is 0 Å². The molecular formula is C19H11NO4. The molecule has 2 aliphatic heterocycles. The van der Waals surface area contributed by atoms with Crippen molar-refractivity contribution in [1.29, 1.82) is 0 Å². The second-order valence-electron chi connectivity index (χ2n) is 5.78. The number of hydrogen-bond acceptors (Lipinski definition) is 4. The molecule has 2 aliphatic rings. The van der Waals surface area contributed by atoms with Crippen LogP contribution < -0.4 is 0 Å². The number of fused-ring (bicyclic) bond motifs is 3. The first-order valence-corrected chi connectivity index (χ1v) is 7.53. The number of esters is 1. The van der Waals surface area contributed by atoms with Gasteiger partial charge in [0.25, 0.3) is 5.78 Å². The lowest BCUT2D eigenvalue weighted by molar-refractivity contribution is -0.173. The van der Waals surface area contributed by atoms with Gasteiger partial charge in [0.15, 0.2) is 0 Å². The molecule has 3 heterocycles. The molecule has 0 saturated heterocycles. The second-order valence-corrected chi connectivity index (χ2v) is 5.78. The number of benzene rings is 2. The number of hydrogen-bond donors (Lipinski definition) is 1. The van der Waals surface area contributed by atoms with Crippen LogP contribution in [0.1, 0.15) is 21.5 Å². The van der Waals surface area contributed by atoms with Crippen molar-refractivity contribution in [1.82, 2.24) is 4.98 Å². The average Bonchev–Trinajstić information content (AvgIpc) is 3.25. The van der Waals surface area contributed by atoms with Crippen LogP contribution in [-0.2, 0) is 20.1 Å². The molecule has 5 rings (SSSR count). The Hall–Kier alpha value is -3.34. The van der Waals surface area contributed by atoms with Crippen molar-refractivity contribution in [3.63, 3.8) is 0 Å². The number of nitrogens with one attached hydrogen (secondary N) is 1. The molecular weight excluding hydrogens is 306 g/mol. The van der Waals surface area contributed by atoms with Crippen LogP contribution in [0.25, 0.3) is 16.5 Å². The third-order valence-corrected chi connectivity index (χ3v) is 4.50. The van der Waals surface area contributed by atoms with E-state index in [1.54, 1.807) is 30.5 Å². The van der Waals surface area contributed by atoms with Crippen LogP contribution in [-0.4, -0.2) is 16.7 Å². The molecule has 5 heteroatoms. The molecule has 1 aromatic heterocycles. The molecule has 5 nitrogen and oxygen atoms in total. The minimum Gasteiger partial charge on any atom is -0.449 e. The molecule has 1 atom stereocenters. The molecule has 1 N–H and O–H groups in total. The monoisotopic (exact) mass is 317 g/mol. The van der Waals surface area contributed by atoms with Gasteiger partial charge in [-0.25, -0.2) is 4.79 Å². The van der Waals surface area contributed by atoms with Gasteiger partial charge in [-0.1, -0.05) is 30.3 Å². The van der Waals surface area contributed by atoms with Gasteiger partial charge in [-0.15, -0.1) is 0 Å². The third-order valence-electron chi connectivity index (χ3n) is 4.50. The molecule has 0 saturated carbocycles. The van der Waals surface area contributed by atoms with Crippen LogP contribution in [0.15, 0.2) is 61.0 Å². The number of carbonyl (C=O) groups excluding carboxylic acids is 2. The minimum atomic E-state index is -1.69. The van der Waals surface area contributed by atoms with Gasteiger partial charge in [0.05, 0.1) is 16.7 Å². The first-order valence-electron chi connectivity index (χ1n) is 7.53. The lowest BCUT2D eigenvalue weighted by atomic mass is 9.93. The summed E-state index contributed by atoms with van der Waals surface area (Å²) in [5.74, 6) is -2.61. The van der Waals surface area contributed by atoms with E-state index in [0.717, 1.165) is 16.5 Å². The summed E-state index contributed by atoms with van der Waals surface area (Å²) >= 11 is 0. The summed E-state index contributed by atoms with van der Waals surface area (Å²) in [7, 11) is 0. The van der Waals surface area contributed by atoms with Crippen LogP contribution in [0, 0.1) is 0 Å². The smallest absolute Gasteiger partial charge is 0.347 e. The molecule has 1 spiro atoms. The zero-order chi connectivity index (χ0) is 16.3.